The smallest absolute Gasteiger partial charge is 0.258 e. The Labute approximate surface area is 285 Å². The summed E-state index contributed by atoms with van der Waals surface area (Å²) in [5.41, 5.74) is 1.74. The Bertz CT molecular complexity index is 1700. The van der Waals surface area contributed by atoms with Crippen LogP contribution in [0.2, 0.25) is 0 Å². The highest BCUT2D eigenvalue weighted by molar-refractivity contribution is 7.99. The molecule has 5 aromatic rings. The van der Waals surface area contributed by atoms with Crippen molar-refractivity contribution in [2.75, 3.05) is 25.8 Å². The van der Waals surface area contributed by atoms with Gasteiger partial charge < -0.3 is 0 Å². The summed E-state index contributed by atoms with van der Waals surface area (Å²) < 4.78 is 0. The van der Waals surface area contributed by atoms with Gasteiger partial charge in [-0.1, -0.05) is 91.0 Å². The molecule has 0 bridgehead atoms. The summed E-state index contributed by atoms with van der Waals surface area (Å²) in [6, 6.07) is 45.0. The van der Waals surface area contributed by atoms with E-state index in [1.807, 2.05) is 54.6 Å². The van der Waals surface area contributed by atoms with Gasteiger partial charge in [0.2, 0.25) is 11.8 Å². The highest BCUT2D eigenvalue weighted by Crippen LogP contribution is 2.31. The van der Waals surface area contributed by atoms with E-state index in [0.717, 1.165) is 4.90 Å². The van der Waals surface area contributed by atoms with E-state index in [4.69, 9.17) is 0 Å². The van der Waals surface area contributed by atoms with Crippen LogP contribution < -0.4 is 20.0 Å². The minimum Gasteiger partial charge on any atom is -0.273 e. The van der Waals surface area contributed by atoms with E-state index in [-0.39, 0.29) is 6.42 Å². The molecule has 0 aliphatic rings. The predicted octanol–water partition coefficient (Wildman–Crippen LogP) is 7.79. The number of hydrazine groups is 2. The first-order valence-electron chi connectivity index (χ1n) is 15.5. The van der Waals surface area contributed by atoms with E-state index in [1.165, 1.54) is 45.6 Å². The van der Waals surface area contributed by atoms with Crippen molar-refractivity contribution in [1.82, 2.24) is 0 Å². The molecule has 0 aromatic heterocycles. The normalized spacial score (nSPS) is 10.6. The first kappa shape index (κ1) is 33.7. The van der Waals surface area contributed by atoms with Crippen molar-refractivity contribution in [3.8, 4) is 0 Å². The van der Waals surface area contributed by atoms with Crippen LogP contribution in [-0.4, -0.2) is 29.4 Å². The molecule has 0 unspecified atom stereocenters. The minimum absolute atomic E-state index is 0.116. The molecule has 0 N–H and O–H groups in total. The molecule has 0 radical (unpaired) electrons. The van der Waals surface area contributed by atoms with Crippen LogP contribution in [0.25, 0.3) is 0 Å². The van der Waals surface area contributed by atoms with Gasteiger partial charge in [-0.2, -0.15) is 0 Å². The zero-order valence-electron chi connectivity index (χ0n) is 26.8. The first-order chi connectivity index (χ1) is 23.4. The number of carbonyl (C=O) groups excluding carboxylic acids is 4. The van der Waals surface area contributed by atoms with Crippen molar-refractivity contribution >= 4 is 58.1 Å². The van der Waals surface area contributed by atoms with Crippen molar-refractivity contribution in [2.45, 2.75) is 25.2 Å². The van der Waals surface area contributed by atoms with Crippen LogP contribution in [0.5, 0.6) is 0 Å². The van der Waals surface area contributed by atoms with Gasteiger partial charge >= 0.3 is 0 Å². The molecule has 4 amide bonds. The lowest BCUT2D eigenvalue weighted by atomic mass is 10.0. The Kier molecular flexibility index (Phi) is 11.4. The monoisotopic (exact) mass is 656 g/mol. The number of rotatable bonds is 10. The standard InChI is InChI=1S/C39H36N4O4S/c1-30(44)40(32-18-8-3-9-19-32)42(34-22-12-5-13-23-34)38(46)37(28-29-48-36-26-16-7-17-27-36)39(47)43(35-24-14-6-15-25-35)41(31(2)45)33-20-10-4-11-21-33/h3-27,37H,28-29H2,1-2H3. The average Bonchev–Trinajstić information content (AvgIpc) is 3.12. The third-order valence-corrected chi connectivity index (χ3v) is 8.48. The lowest BCUT2D eigenvalue weighted by molar-refractivity contribution is -0.134. The molecular weight excluding hydrogens is 621 g/mol. The van der Waals surface area contributed by atoms with Crippen molar-refractivity contribution in [2.24, 2.45) is 5.92 Å². The van der Waals surface area contributed by atoms with Gasteiger partial charge in [0.15, 0.2) is 0 Å². The molecular formula is C39H36N4O4S. The summed E-state index contributed by atoms with van der Waals surface area (Å²) in [6.45, 7) is 2.75. The number of benzene rings is 5. The van der Waals surface area contributed by atoms with Crippen molar-refractivity contribution in [3.05, 3.63) is 152 Å². The van der Waals surface area contributed by atoms with E-state index < -0.39 is 29.5 Å². The number of hydrogen-bond donors (Lipinski definition) is 0. The van der Waals surface area contributed by atoms with Crippen LogP contribution in [-0.2, 0) is 19.2 Å². The third kappa shape index (κ3) is 8.00. The Morgan fingerprint density at radius 2 is 0.750 bits per heavy atom. The first-order valence-corrected chi connectivity index (χ1v) is 16.5. The molecule has 9 heteroatoms. The maximum atomic E-state index is 15.1. The molecule has 0 fully saturated rings. The molecule has 48 heavy (non-hydrogen) atoms. The Hall–Kier alpha value is -5.67. The summed E-state index contributed by atoms with van der Waals surface area (Å²) in [7, 11) is 0. The summed E-state index contributed by atoms with van der Waals surface area (Å²) >= 11 is 1.52. The molecule has 0 saturated carbocycles. The molecule has 0 saturated heterocycles. The lowest BCUT2D eigenvalue weighted by Crippen LogP contribution is -2.58. The molecule has 0 aliphatic heterocycles. The molecule has 0 aliphatic carbocycles. The van der Waals surface area contributed by atoms with Gasteiger partial charge in [-0.25, -0.2) is 20.0 Å². The van der Waals surface area contributed by atoms with Gasteiger partial charge in [0, 0.05) is 18.7 Å². The van der Waals surface area contributed by atoms with Gasteiger partial charge in [-0.05, 0) is 72.8 Å². The van der Waals surface area contributed by atoms with Crippen LogP contribution in [0.3, 0.4) is 0 Å². The van der Waals surface area contributed by atoms with Gasteiger partial charge in [-0.3, -0.25) is 19.2 Å². The topological polar surface area (TPSA) is 81.2 Å². The number of amides is 4. The summed E-state index contributed by atoms with van der Waals surface area (Å²) in [4.78, 5) is 57.9. The van der Waals surface area contributed by atoms with Gasteiger partial charge in [0.25, 0.3) is 11.8 Å². The molecule has 5 rings (SSSR count). The van der Waals surface area contributed by atoms with Crippen LogP contribution in [0.15, 0.2) is 157 Å². The van der Waals surface area contributed by atoms with Crippen molar-refractivity contribution < 1.29 is 19.2 Å². The fraction of sp³-hybridized carbons (Fsp3) is 0.128. The van der Waals surface area contributed by atoms with E-state index in [1.54, 1.807) is 97.1 Å². The molecule has 0 atom stereocenters. The second kappa shape index (κ2) is 16.2. The Morgan fingerprint density at radius 3 is 1.06 bits per heavy atom. The van der Waals surface area contributed by atoms with Crippen molar-refractivity contribution in [1.29, 1.82) is 0 Å². The van der Waals surface area contributed by atoms with Crippen LogP contribution >= 0.6 is 11.8 Å². The second-order valence-electron chi connectivity index (χ2n) is 10.8. The molecule has 242 valence electrons. The molecule has 0 heterocycles. The molecule has 5 aromatic carbocycles. The van der Waals surface area contributed by atoms with E-state index in [0.29, 0.717) is 28.5 Å². The lowest BCUT2D eigenvalue weighted by Gasteiger charge is -2.39. The fourth-order valence-electron chi connectivity index (χ4n) is 5.29. The van der Waals surface area contributed by atoms with Crippen LogP contribution in [0.1, 0.15) is 20.3 Å². The van der Waals surface area contributed by atoms with Gasteiger partial charge in [0.05, 0.1) is 22.7 Å². The van der Waals surface area contributed by atoms with Gasteiger partial charge in [0.1, 0.15) is 5.92 Å². The Balaban J connectivity index is 1.65. The van der Waals surface area contributed by atoms with Crippen molar-refractivity contribution in [3.63, 3.8) is 0 Å². The quantitative estimate of drug-likeness (QED) is 0.0871. The van der Waals surface area contributed by atoms with Crippen LogP contribution in [0, 0.1) is 5.92 Å². The number of hydrogen-bond acceptors (Lipinski definition) is 5. The minimum atomic E-state index is -1.31. The zero-order valence-corrected chi connectivity index (χ0v) is 27.6. The fourth-order valence-corrected chi connectivity index (χ4v) is 6.23. The molecule has 0 spiro atoms. The van der Waals surface area contributed by atoms with E-state index in [9.17, 15) is 9.59 Å². The number of thioether (sulfide) groups is 1. The summed E-state index contributed by atoms with van der Waals surface area (Å²) in [5, 5.41) is 5.12. The Morgan fingerprint density at radius 1 is 0.458 bits per heavy atom. The number of anilines is 4. The SMILES string of the molecule is CC(=O)N(c1ccccc1)N(C(=O)C(CCSc1ccccc1)C(=O)N(c1ccccc1)N(C(C)=O)c1ccccc1)c1ccccc1. The maximum absolute atomic E-state index is 15.1. The third-order valence-electron chi connectivity index (χ3n) is 7.43. The maximum Gasteiger partial charge on any atom is 0.258 e. The largest absolute Gasteiger partial charge is 0.273 e. The predicted molar refractivity (Wildman–Crippen MR) is 192 cm³/mol. The average molecular weight is 657 g/mol. The van der Waals surface area contributed by atoms with E-state index >= 15 is 9.59 Å². The highest BCUT2D eigenvalue weighted by Gasteiger charge is 2.41. The summed E-state index contributed by atoms with van der Waals surface area (Å²) in [6.07, 6.45) is 0.116. The number of carbonyl (C=O) groups is 4. The zero-order chi connectivity index (χ0) is 33.9. The van der Waals surface area contributed by atoms with Crippen LogP contribution in [0.4, 0.5) is 22.7 Å². The highest BCUT2D eigenvalue weighted by atomic mass is 32.2. The van der Waals surface area contributed by atoms with E-state index in [2.05, 4.69) is 0 Å². The number of para-hydroxylation sites is 4. The summed E-state index contributed by atoms with van der Waals surface area (Å²) in [5.74, 6) is -2.96. The molecule has 8 nitrogen and oxygen atoms in total. The number of nitrogens with zero attached hydrogens (tertiary/aromatic N) is 4. The second-order valence-corrected chi connectivity index (χ2v) is 12.0. The van der Waals surface area contributed by atoms with Gasteiger partial charge in [-0.15, -0.1) is 11.8 Å².